The number of hydrogen-bond acceptors (Lipinski definition) is 2. The molecule has 2 N–H and O–H groups in total. The lowest BCUT2D eigenvalue weighted by atomic mass is 9.96. The van der Waals surface area contributed by atoms with E-state index in [9.17, 15) is 0 Å². The molecule has 0 bridgehead atoms. The van der Waals surface area contributed by atoms with E-state index >= 15 is 0 Å². The standard InChI is InChI=1S/C14H19N3S/c1-9(2)8-11-4-6-12(7-5-11)10(3)13-15-14(18)17-16-13/h4-7,9-10H,8H2,1-3H3,(H2,15,16,17,18)/t10-/m1/s1. The van der Waals surface area contributed by atoms with Crippen molar-refractivity contribution in [2.45, 2.75) is 33.1 Å². The Morgan fingerprint density at radius 2 is 1.78 bits per heavy atom. The van der Waals surface area contributed by atoms with Crippen molar-refractivity contribution < 1.29 is 0 Å². The summed E-state index contributed by atoms with van der Waals surface area (Å²) >= 11 is 4.97. The lowest BCUT2D eigenvalue weighted by Crippen LogP contribution is -2.00. The Bertz CT molecular complexity index is 551. The highest BCUT2D eigenvalue weighted by Gasteiger charge is 2.11. The molecule has 96 valence electrons. The summed E-state index contributed by atoms with van der Waals surface area (Å²) < 4.78 is 0.508. The Hall–Kier alpha value is -1.42. The monoisotopic (exact) mass is 261 g/mol. The van der Waals surface area contributed by atoms with Crippen molar-refractivity contribution in [2.75, 3.05) is 0 Å². The fourth-order valence-electron chi connectivity index (χ4n) is 2.06. The first-order valence-corrected chi connectivity index (χ1v) is 6.70. The molecule has 3 nitrogen and oxygen atoms in total. The first-order valence-electron chi connectivity index (χ1n) is 6.29. The Balaban J connectivity index is 2.16. The first kappa shape index (κ1) is 13.0. The molecule has 1 atom stereocenters. The van der Waals surface area contributed by atoms with Crippen LogP contribution in [0.3, 0.4) is 0 Å². The summed E-state index contributed by atoms with van der Waals surface area (Å²) in [5.74, 6) is 1.80. The quantitative estimate of drug-likeness (QED) is 0.822. The van der Waals surface area contributed by atoms with E-state index in [1.54, 1.807) is 0 Å². The molecule has 0 spiro atoms. The maximum atomic E-state index is 4.97. The van der Waals surface area contributed by atoms with E-state index in [0.29, 0.717) is 10.7 Å². The average molecular weight is 261 g/mol. The minimum absolute atomic E-state index is 0.228. The second kappa shape index (κ2) is 5.48. The van der Waals surface area contributed by atoms with Gasteiger partial charge in [-0.05, 0) is 35.7 Å². The second-order valence-corrected chi connectivity index (χ2v) is 5.50. The van der Waals surface area contributed by atoms with Gasteiger partial charge in [0, 0.05) is 5.92 Å². The van der Waals surface area contributed by atoms with Crippen LogP contribution in [0.1, 0.15) is 43.6 Å². The Morgan fingerprint density at radius 1 is 1.11 bits per heavy atom. The third kappa shape index (κ3) is 3.07. The summed E-state index contributed by atoms with van der Waals surface area (Å²) in [6, 6.07) is 8.75. The molecule has 1 heterocycles. The number of hydrogen-bond donors (Lipinski definition) is 2. The molecule has 2 aromatic rings. The average Bonchev–Trinajstić information content (AvgIpc) is 2.75. The van der Waals surface area contributed by atoms with Crippen molar-refractivity contribution in [1.82, 2.24) is 15.2 Å². The summed E-state index contributed by atoms with van der Waals surface area (Å²) in [6.45, 7) is 6.60. The van der Waals surface area contributed by atoms with E-state index < -0.39 is 0 Å². The number of H-pyrrole nitrogens is 2. The summed E-state index contributed by atoms with van der Waals surface area (Å²) in [5.41, 5.74) is 2.64. The normalized spacial score (nSPS) is 12.9. The molecule has 0 aliphatic heterocycles. The van der Waals surface area contributed by atoms with Crippen LogP contribution in [-0.2, 0) is 6.42 Å². The summed E-state index contributed by atoms with van der Waals surface area (Å²) in [4.78, 5) is 4.26. The zero-order valence-corrected chi connectivity index (χ0v) is 11.8. The van der Waals surface area contributed by atoms with Crippen LogP contribution in [0.25, 0.3) is 0 Å². The molecule has 0 unspecified atom stereocenters. The fourth-order valence-corrected chi connectivity index (χ4v) is 2.21. The third-order valence-electron chi connectivity index (χ3n) is 3.05. The van der Waals surface area contributed by atoms with Gasteiger partial charge in [-0.1, -0.05) is 45.0 Å². The summed E-state index contributed by atoms with van der Waals surface area (Å²) in [5, 5.41) is 5.85. The van der Waals surface area contributed by atoms with Crippen molar-refractivity contribution in [1.29, 1.82) is 0 Å². The molecule has 0 radical (unpaired) electrons. The molecular formula is C14H19N3S. The van der Waals surface area contributed by atoms with Gasteiger partial charge in [-0.15, -0.1) is 0 Å². The number of aromatic nitrogens is 3. The largest absolute Gasteiger partial charge is 0.285 e. The summed E-state index contributed by atoms with van der Waals surface area (Å²) in [6.07, 6.45) is 1.12. The molecule has 1 aromatic heterocycles. The van der Waals surface area contributed by atoms with Crippen molar-refractivity contribution in [3.63, 3.8) is 0 Å². The number of benzene rings is 1. The van der Waals surface area contributed by atoms with E-state index in [4.69, 9.17) is 12.2 Å². The predicted octanol–water partition coefficient (Wildman–Crippen LogP) is 3.82. The van der Waals surface area contributed by atoms with Gasteiger partial charge in [-0.2, -0.15) is 0 Å². The lowest BCUT2D eigenvalue weighted by molar-refractivity contribution is 0.647. The third-order valence-corrected chi connectivity index (χ3v) is 3.25. The van der Waals surface area contributed by atoms with Crippen LogP contribution in [0.4, 0.5) is 0 Å². The van der Waals surface area contributed by atoms with E-state index in [0.717, 1.165) is 12.2 Å². The topological polar surface area (TPSA) is 44.5 Å². The van der Waals surface area contributed by atoms with Gasteiger partial charge in [-0.25, -0.2) is 4.98 Å². The van der Waals surface area contributed by atoms with E-state index in [1.165, 1.54) is 11.1 Å². The minimum atomic E-state index is 0.228. The molecule has 0 aliphatic carbocycles. The zero-order chi connectivity index (χ0) is 13.1. The fraction of sp³-hybridized carbons (Fsp3) is 0.429. The van der Waals surface area contributed by atoms with Gasteiger partial charge >= 0.3 is 0 Å². The first-order chi connectivity index (χ1) is 8.56. The Morgan fingerprint density at radius 3 is 2.28 bits per heavy atom. The Kier molecular flexibility index (Phi) is 3.97. The molecule has 2 rings (SSSR count). The molecule has 0 saturated carbocycles. The van der Waals surface area contributed by atoms with Crippen LogP contribution in [0.5, 0.6) is 0 Å². The van der Waals surface area contributed by atoms with Crippen molar-refractivity contribution in [2.24, 2.45) is 5.92 Å². The second-order valence-electron chi connectivity index (χ2n) is 5.11. The lowest BCUT2D eigenvalue weighted by Gasteiger charge is -2.10. The molecule has 0 saturated heterocycles. The maximum absolute atomic E-state index is 4.97. The number of rotatable bonds is 4. The summed E-state index contributed by atoms with van der Waals surface area (Å²) in [7, 11) is 0. The zero-order valence-electron chi connectivity index (χ0n) is 11.0. The van der Waals surface area contributed by atoms with Crippen molar-refractivity contribution >= 4 is 12.2 Å². The maximum Gasteiger partial charge on any atom is 0.213 e. The van der Waals surface area contributed by atoms with E-state index in [2.05, 4.69) is 60.2 Å². The molecule has 18 heavy (non-hydrogen) atoms. The van der Waals surface area contributed by atoms with Gasteiger partial charge in [0.05, 0.1) is 0 Å². The molecule has 0 fully saturated rings. The van der Waals surface area contributed by atoms with Crippen LogP contribution in [0, 0.1) is 10.7 Å². The van der Waals surface area contributed by atoms with Crippen molar-refractivity contribution in [3.05, 3.63) is 46.0 Å². The van der Waals surface area contributed by atoms with Gasteiger partial charge < -0.3 is 0 Å². The van der Waals surface area contributed by atoms with E-state index in [1.807, 2.05) is 0 Å². The number of aromatic amines is 2. The smallest absolute Gasteiger partial charge is 0.213 e. The molecular weight excluding hydrogens is 242 g/mol. The highest BCUT2D eigenvalue weighted by atomic mass is 32.1. The highest BCUT2D eigenvalue weighted by molar-refractivity contribution is 7.71. The number of nitrogens with zero attached hydrogens (tertiary/aromatic N) is 1. The van der Waals surface area contributed by atoms with Crippen LogP contribution < -0.4 is 0 Å². The van der Waals surface area contributed by atoms with Crippen LogP contribution in [-0.4, -0.2) is 15.2 Å². The van der Waals surface area contributed by atoms with Crippen molar-refractivity contribution in [3.8, 4) is 0 Å². The number of nitrogens with one attached hydrogen (secondary N) is 2. The molecule has 0 aliphatic rings. The minimum Gasteiger partial charge on any atom is -0.285 e. The molecule has 0 amide bonds. The Labute approximate surface area is 113 Å². The highest BCUT2D eigenvalue weighted by Crippen LogP contribution is 2.21. The van der Waals surface area contributed by atoms with Gasteiger partial charge in [0.25, 0.3) is 0 Å². The van der Waals surface area contributed by atoms with Crippen LogP contribution in [0.15, 0.2) is 24.3 Å². The molecule has 4 heteroatoms. The van der Waals surface area contributed by atoms with Gasteiger partial charge in [0.2, 0.25) is 4.77 Å². The van der Waals surface area contributed by atoms with Crippen LogP contribution in [0.2, 0.25) is 0 Å². The SMILES string of the molecule is CC(C)Cc1ccc([C@@H](C)c2nc(=S)[nH][nH]2)cc1. The van der Waals surface area contributed by atoms with Gasteiger partial charge in [0.1, 0.15) is 5.82 Å². The predicted molar refractivity (Wildman–Crippen MR) is 76.3 cm³/mol. The van der Waals surface area contributed by atoms with Crippen LogP contribution >= 0.6 is 12.2 Å². The van der Waals surface area contributed by atoms with Gasteiger partial charge in [0.15, 0.2) is 0 Å². The molecule has 1 aromatic carbocycles. The van der Waals surface area contributed by atoms with E-state index in [-0.39, 0.29) is 5.92 Å². The van der Waals surface area contributed by atoms with Gasteiger partial charge in [-0.3, -0.25) is 10.2 Å².